The zero-order valence-corrected chi connectivity index (χ0v) is 11.2. The summed E-state index contributed by atoms with van der Waals surface area (Å²) in [5, 5.41) is 0. The molecule has 0 nitrogen and oxygen atoms in total. The first-order valence-electron chi connectivity index (χ1n) is 6.50. The van der Waals surface area contributed by atoms with Gasteiger partial charge in [0.1, 0.15) is 0 Å². The Morgan fingerprint density at radius 1 is 1.07 bits per heavy atom. The molecule has 0 heteroatoms. The minimum absolute atomic E-state index is 0.575. The maximum Gasteiger partial charge on any atom is -0.0300 e. The molecule has 0 saturated carbocycles. The second-order valence-electron chi connectivity index (χ2n) is 5.41. The van der Waals surface area contributed by atoms with Gasteiger partial charge in [-0.3, -0.25) is 0 Å². The highest BCUT2D eigenvalue weighted by atomic mass is 14.3. The normalized spacial score (nSPS) is 20.1. The molecule has 0 saturated heterocycles. The van der Waals surface area contributed by atoms with E-state index in [0.29, 0.717) is 5.41 Å². The molecule has 0 aliphatic heterocycles. The lowest BCUT2D eigenvalue weighted by Crippen LogP contribution is -2.27. The molecule has 0 amide bonds. The van der Waals surface area contributed by atoms with E-state index in [9.17, 15) is 0 Å². The lowest BCUT2D eigenvalue weighted by Gasteiger charge is -2.37. The van der Waals surface area contributed by atoms with Gasteiger partial charge >= 0.3 is 0 Å². The minimum Gasteiger partial charge on any atom is -0.0654 e. The van der Waals surface area contributed by atoms with Gasteiger partial charge in [0.2, 0.25) is 0 Å². The molecule has 0 rings (SSSR count). The molecule has 0 aromatic rings. The van der Waals surface area contributed by atoms with Crippen molar-refractivity contribution >= 4 is 0 Å². The number of hydrogen-bond acceptors (Lipinski definition) is 0. The van der Waals surface area contributed by atoms with Crippen LogP contribution < -0.4 is 0 Å². The average molecular weight is 198 g/mol. The third kappa shape index (κ3) is 4.02. The molecule has 0 bridgehead atoms. The summed E-state index contributed by atoms with van der Waals surface area (Å²) in [7, 11) is 0. The Balaban J connectivity index is 4.29. The van der Waals surface area contributed by atoms with E-state index in [1.165, 1.54) is 32.1 Å². The molecule has 3 atom stereocenters. The van der Waals surface area contributed by atoms with Gasteiger partial charge in [-0.25, -0.2) is 0 Å². The summed E-state index contributed by atoms with van der Waals surface area (Å²) in [5.74, 6) is 1.77. The Bertz CT molecular complexity index is 139. The van der Waals surface area contributed by atoms with Gasteiger partial charge in [-0.1, -0.05) is 67.2 Å². The van der Waals surface area contributed by atoms with Crippen LogP contribution in [0.4, 0.5) is 0 Å². The van der Waals surface area contributed by atoms with E-state index in [-0.39, 0.29) is 0 Å². The summed E-state index contributed by atoms with van der Waals surface area (Å²) < 4.78 is 0. The largest absolute Gasteiger partial charge is 0.0654 e. The third-order valence-electron chi connectivity index (χ3n) is 4.23. The topological polar surface area (TPSA) is 0 Å². The second kappa shape index (κ2) is 6.48. The van der Waals surface area contributed by atoms with Crippen LogP contribution in [-0.4, -0.2) is 0 Å². The van der Waals surface area contributed by atoms with Gasteiger partial charge in [-0.15, -0.1) is 0 Å². The van der Waals surface area contributed by atoms with Gasteiger partial charge in [-0.05, 0) is 23.7 Å². The van der Waals surface area contributed by atoms with E-state index in [0.717, 1.165) is 11.8 Å². The van der Waals surface area contributed by atoms with E-state index in [4.69, 9.17) is 0 Å². The van der Waals surface area contributed by atoms with E-state index in [1.54, 1.807) is 0 Å². The SMILES string of the molecule is CCCC(C)C(C)(CC)CC(C)CC. The van der Waals surface area contributed by atoms with E-state index in [1.807, 2.05) is 0 Å². The van der Waals surface area contributed by atoms with Crippen molar-refractivity contribution in [3.8, 4) is 0 Å². The maximum atomic E-state index is 2.49. The van der Waals surface area contributed by atoms with Gasteiger partial charge in [0.25, 0.3) is 0 Å². The molecular formula is C14H30. The van der Waals surface area contributed by atoms with E-state index >= 15 is 0 Å². The van der Waals surface area contributed by atoms with Gasteiger partial charge in [0.15, 0.2) is 0 Å². The fraction of sp³-hybridized carbons (Fsp3) is 1.00. The molecule has 3 unspecified atom stereocenters. The molecule has 0 fully saturated rings. The Morgan fingerprint density at radius 2 is 1.64 bits per heavy atom. The lowest BCUT2D eigenvalue weighted by molar-refractivity contribution is 0.137. The summed E-state index contributed by atoms with van der Waals surface area (Å²) in [5.41, 5.74) is 0.575. The number of hydrogen-bond donors (Lipinski definition) is 0. The van der Waals surface area contributed by atoms with Gasteiger partial charge in [0.05, 0.1) is 0 Å². The zero-order chi connectivity index (χ0) is 11.2. The van der Waals surface area contributed by atoms with Crippen LogP contribution in [0.15, 0.2) is 0 Å². The summed E-state index contributed by atoms with van der Waals surface area (Å²) in [6.45, 7) is 14.3. The first kappa shape index (κ1) is 14.0. The van der Waals surface area contributed by atoms with Crippen molar-refractivity contribution in [1.82, 2.24) is 0 Å². The molecule has 0 aromatic heterocycles. The Kier molecular flexibility index (Phi) is 6.48. The van der Waals surface area contributed by atoms with Crippen LogP contribution in [0.1, 0.15) is 73.6 Å². The zero-order valence-electron chi connectivity index (χ0n) is 11.2. The van der Waals surface area contributed by atoms with Crippen LogP contribution in [0.3, 0.4) is 0 Å². The highest BCUT2D eigenvalue weighted by Crippen LogP contribution is 2.40. The van der Waals surface area contributed by atoms with Gasteiger partial charge < -0.3 is 0 Å². The molecular weight excluding hydrogens is 168 g/mol. The fourth-order valence-electron chi connectivity index (χ4n) is 2.42. The Hall–Kier alpha value is 0. The summed E-state index contributed by atoms with van der Waals surface area (Å²) in [6, 6.07) is 0. The smallest absolute Gasteiger partial charge is 0.0300 e. The standard InChI is InChI=1S/C14H30/c1-7-10-13(5)14(6,9-3)11-12(4)8-2/h12-13H,7-11H2,1-6H3. The first-order chi connectivity index (χ1) is 6.50. The molecule has 0 radical (unpaired) electrons. The monoisotopic (exact) mass is 198 g/mol. The molecule has 0 spiro atoms. The molecule has 86 valence electrons. The van der Waals surface area contributed by atoms with Crippen LogP contribution in [0.2, 0.25) is 0 Å². The quantitative estimate of drug-likeness (QED) is 0.522. The first-order valence-corrected chi connectivity index (χ1v) is 6.50. The summed E-state index contributed by atoms with van der Waals surface area (Å²) in [6.07, 6.45) is 6.78. The molecule has 0 aliphatic rings. The minimum atomic E-state index is 0.575. The predicted molar refractivity (Wildman–Crippen MR) is 66.5 cm³/mol. The van der Waals surface area contributed by atoms with Crippen LogP contribution in [-0.2, 0) is 0 Å². The average Bonchev–Trinajstić information content (AvgIpc) is 2.17. The predicted octanol–water partition coefficient (Wildman–Crippen LogP) is 5.28. The molecule has 14 heavy (non-hydrogen) atoms. The Morgan fingerprint density at radius 3 is 2.00 bits per heavy atom. The summed E-state index contributed by atoms with van der Waals surface area (Å²) >= 11 is 0. The molecule has 0 N–H and O–H groups in total. The van der Waals surface area contributed by atoms with Crippen molar-refractivity contribution in [2.75, 3.05) is 0 Å². The maximum absolute atomic E-state index is 2.49. The Labute approximate surface area is 91.5 Å². The van der Waals surface area contributed by atoms with Crippen molar-refractivity contribution in [3.05, 3.63) is 0 Å². The van der Waals surface area contributed by atoms with E-state index < -0.39 is 0 Å². The molecule has 0 heterocycles. The van der Waals surface area contributed by atoms with Crippen molar-refractivity contribution in [2.45, 2.75) is 73.6 Å². The fourth-order valence-corrected chi connectivity index (χ4v) is 2.42. The van der Waals surface area contributed by atoms with Crippen molar-refractivity contribution < 1.29 is 0 Å². The highest BCUT2D eigenvalue weighted by molar-refractivity contribution is 4.80. The highest BCUT2D eigenvalue weighted by Gasteiger charge is 2.29. The lowest BCUT2D eigenvalue weighted by atomic mass is 9.68. The summed E-state index contributed by atoms with van der Waals surface area (Å²) in [4.78, 5) is 0. The van der Waals surface area contributed by atoms with Gasteiger partial charge in [-0.2, -0.15) is 0 Å². The van der Waals surface area contributed by atoms with E-state index in [2.05, 4.69) is 41.5 Å². The molecule has 0 aliphatic carbocycles. The van der Waals surface area contributed by atoms with Crippen molar-refractivity contribution in [1.29, 1.82) is 0 Å². The van der Waals surface area contributed by atoms with Crippen molar-refractivity contribution in [3.63, 3.8) is 0 Å². The van der Waals surface area contributed by atoms with Gasteiger partial charge in [0, 0.05) is 0 Å². The second-order valence-corrected chi connectivity index (χ2v) is 5.41. The van der Waals surface area contributed by atoms with Crippen molar-refractivity contribution in [2.24, 2.45) is 17.3 Å². The van der Waals surface area contributed by atoms with Crippen LogP contribution in [0.5, 0.6) is 0 Å². The van der Waals surface area contributed by atoms with Crippen LogP contribution in [0.25, 0.3) is 0 Å². The number of rotatable bonds is 7. The third-order valence-corrected chi connectivity index (χ3v) is 4.23. The molecule has 0 aromatic carbocycles. The van der Waals surface area contributed by atoms with Crippen LogP contribution >= 0.6 is 0 Å². The van der Waals surface area contributed by atoms with Crippen LogP contribution in [0, 0.1) is 17.3 Å².